The van der Waals surface area contributed by atoms with Crippen LogP contribution in [0.3, 0.4) is 0 Å². The first-order valence-electron chi connectivity index (χ1n) is 16.8. The Morgan fingerprint density at radius 2 is 1.18 bits per heavy atom. The molecule has 45 heavy (non-hydrogen) atoms. The number of esters is 2. The van der Waals surface area contributed by atoms with E-state index in [1.165, 1.54) is 56.9 Å². The number of aromatic amines is 2. The highest BCUT2D eigenvalue weighted by molar-refractivity contribution is 5.90. The van der Waals surface area contributed by atoms with E-state index in [2.05, 4.69) is 16.0 Å². The van der Waals surface area contributed by atoms with Crippen molar-refractivity contribution in [1.82, 2.24) is 9.97 Å². The van der Waals surface area contributed by atoms with Crippen LogP contribution in [-0.2, 0) is 29.1 Å². The maximum Gasteiger partial charge on any atom is 0.355 e. The summed E-state index contributed by atoms with van der Waals surface area (Å²) in [6.45, 7) is 4.47. The Balaban J connectivity index is 1.44. The number of nitrogens with one attached hydrogen (secondary N) is 2. The van der Waals surface area contributed by atoms with Gasteiger partial charge in [0, 0.05) is 17.3 Å². The molecule has 0 fully saturated rings. The van der Waals surface area contributed by atoms with E-state index in [1.54, 1.807) is 0 Å². The second kappa shape index (κ2) is 16.3. The van der Waals surface area contributed by atoms with Crippen LogP contribution >= 0.6 is 0 Å². The molecule has 0 bridgehead atoms. The van der Waals surface area contributed by atoms with E-state index in [4.69, 9.17) is 9.47 Å². The molecule has 238 valence electrons. The highest BCUT2D eigenvalue weighted by Crippen LogP contribution is 2.36. The smallest absolute Gasteiger partial charge is 0.355 e. The summed E-state index contributed by atoms with van der Waals surface area (Å²) in [5.74, 6) is -0.688. The third kappa shape index (κ3) is 8.78. The highest BCUT2D eigenvalue weighted by atomic mass is 16.5. The molecule has 2 heterocycles. The molecule has 2 N–H and O–H groups in total. The zero-order valence-electron chi connectivity index (χ0n) is 27.0. The summed E-state index contributed by atoms with van der Waals surface area (Å²) >= 11 is 0. The lowest BCUT2D eigenvalue weighted by atomic mass is 9.89. The Morgan fingerprint density at radius 1 is 0.667 bits per heavy atom. The van der Waals surface area contributed by atoms with Crippen LogP contribution in [0.25, 0.3) is 0 Å². The Labute approximate surface area is 267 Å². The number of aryl methyl sites for hydroxylation is 1. The summed E-state index contributed by atoms with van der Waals surface area (Å²) in [6, 6.07) is 21.6. The Morgan fingerprint density at radius 3 is 1.76 bits per heavy atom. The number of aromatic nitrogens is 2. The number of carbonyl (C=O) groups excluding carboxylic acids is 2. The van der Waals surface area contributed by atoms with Gasteiger partial charge in [-0.05, 0) is 67.0 Å². The SMILES string of the molecule is Cc1cc(C2CCCCCCCCCCCCc3c2[nH]c(C(=O)OCc2ccccc2)c3C)[nH]c1C(=O)OCc1ccccc1. The van der Waals surface area contributed by atoms with Gasteiger partial charge >= 0.3 is 11.9 Å². The van der Waals surface area contributed by atoms with Gasteiger partial charge in [0.15, 0.2) is 0 Å². The lowest BCUT2D eigenvalue weighted by Crippen LogP contribution is -2.10. The molecule has 0 saturated heterocycles. The monoisotopic (exact) mass is 608 g/mol. The first kappa shape index (κ1) is 32.3. The van der Waals surface area contributed by atoms with Crippen LogP contribution in [0.2, 0.25) is 0 Å². The van der Waals surface area contributed by atoms with Crippen LogP contribution in [-0.4, -0.2) is 21.9 Å². The zero-order valence-corrected chi connectivity index (χ0v) is 27.0. The number of hydrogen-bond donors (Lipinski definition) is 2. The van der Waals surface area contributed by atoms with Gasteiger partial charge in [-0.25, -0.2) is 9.59 Å². The van der Waals surface area contributed by atoms with Crippen LogP contribution in [0.15, 0.2) is 66.7 Å². The number of fused-ring (bicyclic) bond motifs is 1. The molecule has 0 aliphatic heterocycles. The number of hydrogen-bond acceptors (Lipinski definition) is 4. The van der Waals surface area contributed by atoms with Crippen molar-refractivity contribution in [2.45, 2.75) is 110 Å². The number of H-pyrrole nitrogens is 2. The minimum absolute atomic E-state index is 0.00567. The van der Waals surface area contributed by atoms with Gasteiger partial charge < -0.3 is 19.4 Å². The molecule has 0 radical (unpaired) electrons. The van der Waals surface area contributed by atoms with Crippen molar-refractivity contribution >= 4 is 11.9 Å². The van der Waals surface area contributed by atoms with E-state index < -0.39 is 0 Å². The van der Waals surface area contributed by atoms with Gasteiger partial charge in [-0.1, -0.05) is 118 Å². The van der Waals surface area contributed by atoms with Crippen molar-refractivity contribution in [3.05, 3.63) is 117 Å². The standard InChI is InChI=1S/C39H48N2O4/c1-28-25-34(40-35(28)38(42)44-26-30-19-13-11-14-20-30)33-24-18-10-8-6-4-3-5-7-9-17-23-32-29(2)36(41-37(32)33)39(43)45-27-31-21-15-12-16-22-31/h11-16,19-22,25,33,40-41H,3-10,17-18,23-24,26-27H2,1-2H3. The van der Waals surface area contributed by atoms with Gasteiger partial charge in [-0.2, -0.15) is 0 Å². The fraction of sp³-hybridized carbons (Fsp3) is 0.436. The third-order valence-electron chi connectivity index (χ3n) is 9.18. The Bertz CT molecular complexity index is 1520. The predicted octanol–water partition coefficient (Wildman–Crippen LogP) is 9.65. The number of benzene rings is 2. The van der Waals surface area contributed by atoms with Gasteiger partial charge in [-0.15, -0.1) is 0 Å². The average molecular weight is 609 g/mol. The molecule has 6 nitrogen and oxygen atoms in total. The molecule has 6 heteroatoms. The summed E-state index contributed by atoms with van der Waals surface area (Å²) < 4.78 is 11.5. The van der Waals surface area contributed by atoms with Crippen LogP contribution in [0.4, 0.5) is 0 Å². The van der Waals surface area contributed by atoms with E-state index in [-0.39, 0.29) is 31.1 Å². The molecule has 1 aliphatic rings. The fourth-order valence-electron chi connectivity index (χ4n) is 6.57. The summed E-state index contributed by atoms with van der Waals surface area (Å²) in [5, 5.41) is 0. The first-order valence-corrected chi connectivity index (χ1v) is 16.8. The van der Waals surface area contributed by atoms with Crippen molar-refractivity contribution < 1.29 is 19.1 Å². The predicted molar refractivity (Wildman–Crippen MR) is 179 cm³/mol. The largest absolute Gasteiger partial charge is 0.456 e. The molecule has 5 rings (SSSR count). The molecule has 0 spiro atoms. The van der Waals surface area contributed by atoms with Gasteiger partial charge in [-0.3, -0.25) is 0 Å². The van der Waals surface area contributed by atoms with E-state index >= 15 is 0 Å². The normalized spacial score (nSPS) is 16.6. The lowest BCUT2D eigenvalue weighted by molar-refractivity contribution is 0.0457. The van der Waals surface area contributed by atoms with Gasteiger partial charge in [0.2, 0.25) is 0 Å². The van der Waals surface area contributed by atoms with Crippen LogP contribution < -0.4 is 0 Å². The van der Waals surface area contributed by atoms with E-state index in [1.807, 2.05) is 74.5 Å². The average Bonchev–Trinajstić information content (AvgIpc) is 3.60. The lowest BCUT2D eigenvalue weighted by Gasteiger charge is -2.18. The van der Waals surface area contributed by atoms with Crippen LogP contribution in [0.5, 0.6) is 0 Å². The summed E-state index contributed by atoms with van der Waals surface area (Å²) in [6.07, 6.45) is 14.0. The number of carbonyl (C=O) groups is 2. The minimum atomic E-state index is -0.354. The quantitative estimate of drug-likeness (QED) is 0.205. The summed E-state index contributed by atoms with van der Waals surface area (Å²) in [7, 11) is 0. The van der Waals surface area contributed by atoms with Gasteiger partial charge in [0.1, 0.15) is 24.6 Å². The molecule has 0 amide bonds. The van der Waals surface area contributed by atoms with Crippen molar-refractivity contribution in [2.75, 3.05) is 0 Å². The zero-order chi connectivity index (χ0) is 31.4. The van der Waals surface area contributed by atoms with Gasteiger partial charge in [0.05, 0.1) is 0 Å². The fourth-order valence-corrected chi connectivity index (χ4v) is 6.57. The van der Waals surface area contributed by atoms with Gasteiger partial charge in [0.25, 0.3) is 0 Å². The van der Waals surface area contributed by atoms with Crippen molar-refractivity contribution in [3.8, 4) is 0 Å². The first-order chi connectivity index (χ1) is 22.0. The van der Waals surface area contributed by atoms with Crippen LogP contribution in [0.1, 0.15) is 137 Å². The Hall–Kier alpha value is -4.06. The molecular weight excluding hydrogens is 560 g/mol. The molecule has 1 unspecified atom stereocenters. The summed E-state index contributed by atoms with van der Waals surface area (Å²) in [4.78, 5) is 33.7. The highest BCUT2D eigenvalue weighted by Gasteiger charge is 2.28. The topological polar surface area (TPSA) is 84.2 Å². The number of ether oxygens (including phenoxy) is 2. The molecule has 1 atom stereocenters. The third-order valence-corrected chi connectivity index (χ3v) is 9.18. The molecular formula is C39H48N2O4. The van der Waals surface area contributed by atoms with Crippen molar-refractivity contribution in [1.29, 1.82) is 0 Å². The Kier molecular flexibility index (Phi) is 11.7. The van der Waals surface area contributed by atoms with E-state index in [0.717, 1.165) is 59.3 Å². The molecule has 0 saturated carbocycles. The molecule has 4 aromatic rings. The maximum absolute atomic E-state index is 13.5. The second-order valence-electron chi connectivity index (χ2n) is 12.6. The second-order valence-corrected chi connectivity index (χ2v) is 12.6. The van der Waals surface area contributed by atoms with Crippen LogP contribution in [0, 0.1) is 13.8 Å². The number of rotatable bonds is 7. The van der Waals surface area contributed by atoms with E-state index in [0.29, 0.717) is 11.4 Å². The summed E-state index contributed by atoms with van der Waals surface area (Å²) in [5.41, 5.74) is 8.04. The molecule has 2 aromatic carbocycles. The molecule has 1 aliphatic carbocycles. The maximum atomic E-state index is 13.5. The molecule has 2 aromatic heterocycles. The van der Waals surface area contributed by atoms with Crippen molar-refractivity contribution in [2.24, 2.45) is 0 Å². The van der Waals surface area contributed by atoms with Crippen molar-refractivity contribution in [3.63, 3.8) is 0 Å². The minimum Gasteiger partial charge on any atom is -0.456 e. The van der Waals surface area contributed by atoms with E-state index in [9.17, 15) is 9.59 Å².